The van der Waals surface area contributed by atoms with Crippen molar-refractivity contribution in [3.8, 4) is 17.2 Å². The van der Waals surface area contributed by atoms with E-state index in [1.54, 1.807) is 25.3 Å². The van der Waals surface area contributed by atoms with Crippen molar-refractivity contribution in [2.24, 2.45) is 0 Å². The molecule has 2 aromatic carbocycles. The van der Waals surface area contributed by atoms with Crippen LogP contribution in [-0.4, -0.2) is 32.8 Å². The number of methoxy groups -OCH3 is 1. The number of hydrogen-bond donors (Lipinski definition) is 1. The highest BCUT2D eigenvalue weighted by Gasteiger charge is 2.10. The van der Waals surface area contributed by atoms with Crippen LogP contribution in [0, 0.1) is 0 Å². The van der Waals surface area contributed by atoms with Crippen LogP contribution in [-0.2, 0) is 6.42 Å². The topological polar surface area (TPSA) is 56.8 Å². The van der Waals surface area contributed by atoms with Crippen LogP contribution < -0.4 is 19.5 Å². The molecule has 0 radical (unpaired) electrons. The maximum absolute atomic E-state index is 11.9. The van der Waals surface area contributed by atoms with Crippen molar-refractivity contribution in [1.29, 1.82) is 0 Å². The van der Waals surface area contributed by atoms with Crippen molar-refractivity contribution in [2.45, 2.75) is 39.5 Å². The number of amides is 1. The molecule has 5 heteroatoms. The highest BCUT2D eigenvalue weighted by atomic mass is 16.5. The lowest BCUT2D eigenvalue weighted by Gasteiger charge is -2.12. The van der Waals surface area contributed by atoms with E-state index in [1.807, 2.05) is 19.1 Å². The first-order valence-electron chi connectivity index (χ1n) is 9.98. The molecule has 0 saturated carbocycles. The lowest BCUT2D eigenvalue weighted by Crippen LogP contribution is -2.22. The van der Waals surface area contributed by atoms with Crippen molar-refractivity contribution in [1.82, 2.24) is 5.32 Å². The molecule has 0 spiro atoms. The van der Waals surface area contributed by atoms with Crippen LogP contribution in [0.5, 0.6) is 17.2 Å². The fourth-order valence-electron chi connectivity index (χ4n) is 2.77. The van der Waals surface area contributed by atoms with Crippen molar-refractivity contribution < 1.29 is 19.0 Å². The predicted molar refractivity (Wildman–Crippen MR) is 112 cm³/mol. The Labute approximate surface area is 168 Å². The number of rotatable bonds is 12. The Bertz CT molecular complexity index is 728. The molecule has 0 atom stereocenters. The van der Waals surface area contributed by atoms with E-state index in [4.69, 9.17) is 14.2 Å². The molecule has 152 valence electrons. The molecule has 0 aliphatic rings. The summed E-state index contributed by atoms with van der Waals surface area (Å²) in [4.78, 5) is 11.9. The minimum Gasteiger partial charge on any atom is -0.494 e. The molecule has 28 heavy (non-hydrogen) atoms. The molecule has 0 unspecified atom stereocenters. The molecular weight excluding hydrogens is 354 g/mol. The summed E-state index contributed by atoms with van der Waals surface area (Å²) in [7, 11) is 1.58. The summed E-state index contributed by atoms with van der Waals surface area (Å²) in [5.74, 6) is 2.03. The average molecular weight is 386 g/mol. The van der Waals surface area contributed by atoms with Crippen molar-refractivity contribution in [3.05, 3.63) is 53.6 Å². The summed E-state index contributed by atoms with van der Waals surface area (Å²) in [6, 6.07) is 13.5. The van der Waals surface area contributed by atoms with E-state index in [2.05, 4.69) is 24.4 Å². The zero-order valence-corrected chi connectivity index (χ0v) is 17.1. The molecule has 5 nitrogen and oxygen atoms in total. The Morgan fingerprint density at radius 3 is 2.25 bits per heavy atom. The minimum absolute atomic E-state index is 0.114. The van der Waals surface area contributed by atoms with Crippen molar-refractivity contribution >= 4 is 5.91 Å². The summed E-state index contributed by atoms with van der Waals surface area (Å²) in [6.45, 7) is 5.93. The van der Waals surface area contributed by atoms with Gasteiger partial charge in [-0.15, -0.1) is 0 Å². The molecule has 1 amide bonds. The second kappa shape index (κ2) is 11.9. The van der Waals surface area contributed by atoms with Gasteiger partial charge in [0.05, 0.1) is 20.3 Å². The number of benzene rings is 2. The molecule has 0 bridgehead atoms. The number of carbonyl (C=O) groups is 1. The van der Waals surface area contributed by atoms with Gasteiger partial charge < -0.3 is 19.5 Å². The van der Waals surface area contributed by atoms with Crippen molar-refractivity contribution in [2.75, 3.05) is 26.9 Å². The molecule has 0 aliphatic heterocycles. The van der Waals surface area contributed by atoms with Gasteiger partial charge in [0.25, 0.3) is 5.91 Å². The fourth-order valence-corrected chi connectivity index (χ4v) is 2.77. The third-order valence-electron chi connectivity index (χ3n) is 4.41. The van der Waals surface area contributed by atoms with E-state index >= 15 is 0 Å². The first kappa shape index (κ1) is 21.6. The third-order valence-corrected chi connectivity index (χ3v) is 4.41. The maximum atomic E-state index is 11.9. The number of hydrogen-bond acceptors (Lipinski definition) is 4. The zero-order chi connectivity index (χ0) is 20.2. The third kappa shape index (κ3) is 6.80. The smallest absolute Gasteiger partial charge is 0.251 e. The minimum atomic E-state index is -0.114. The Morgan fingerprint density at radius 1 is 0.893 bits per heavy atom. The van der Waals surface area contributed by atoms with E-state index in [-0.39, 0.29) is 5.91 Å². The second-order valence-corrected chi connectivity index (χ2v) is 6.48. The van der Waals surface area contributed by atoms with Gasteiger partial charge in [-0.05, 0) is 68.5 Å². The number of aryl methyl sites for hydroxylation is 1. The highest BCUT2D eigenvalue weighted by molar-refractivity contribution is 5.94. The molecule has 0 aliphatic carbocycles. The van der Waals surface area contributed by atoms with E-state index in [1.165, 1.54) is 5.56 Å². The van der Waals surface area contributed by atoms with Crippen LogP contribution in [0.1, 0.15) is 49.0 Å². The van der Waals surface area contributed by atoms with E-state index < -0.39 is 0 Å². The van der Waals surface area contributed by atoms with E-state index in [0.29, 0.717) is 36.8 Å². The van der Waals surface area contributed by atoms with Gasteiger partial charge in [-0.25, -0.2) is 0 Å². The van der Waals surface area contributed by atoms with Crippen molar-refractivity contribution in [3.63, 3.8) is 0 Å². The van der Waals surface area contributed by atoms with Gasteiger partial charge in [-0.3, -0.25) is 4.79 Å². The summed E-state index contributed by atoms with van der Waals surface area (Å²) in [6.07, 6.45) is 3.97. The monoisotopic (exact) mass is 385 g/mol. The number of ether oxygens (including phenoxy) is 3. The van der Waals surface area contributed by atoms with Gasteiger partial charge in [-0.1, -0.05) is 19.1 Å². The van der Waals surface area contributed by atoms with Gasteiger partial charge in [0, 0.05) is 12.1 Å². The quantitative estimate of drug-likeness (QED) is 0.541. The SMILES string of the molecule is CCNC(=O)c1ccc(OCCCCCOc2ccc(CC)cc2)c(OC)c1. The Balaban J connectivity index is 1.67. The number of unbranched alkanes of at least 4 members (excludes halogenated alkanes) is 2. The lowest BCUT2D eigenvalue weighted by molar-refractivity contribution is 0.0955. The predicted octanol–water partition coefficient (Wildman–Crippen LogP) is 4.64. The largest absolute Gasteiger partial charge is 0.494 e. The van der Waals surface area contributed by atoms with Crippen LogP contribution in [0.4, 0.5) is 0 Å². The van der Waals surface area contributed by atoms with Crippen LogP contribution >= 0.6 is 0 Å². The molecule has 0 heterocycles. The Kier molecular flexibility index (Phi) is 9.19. The molecule has 0 aromatic heterocycles. The Hall–Kier alpha value is -2.69. The van der Waals surface area contributed by atoms with Gasteiger partial charge in [0.1, 0.15) is 5.75 Å². The summed E-state index contributed by atoms with van der Waals surface area (Å²) in [5, 5.41) is 2.77. The maximum Gasteiger partial charge on any atom is 0.251 e. The van der Waals surface area contributed by atoms with Gasteiger partial charge in [0.15, 0.2) is 11.5 Å². The summed E-state index contributed by atoms with van der Waals surface area (Å²) in [5.41, 5.74) is 1.88. The normalized spacial score (nSPS) is 10.4. The molecule has 0 saturated heterocycles. The van der Waals surface area contributed by atoms with Crippen LogP contribution in [0.15, 0.2) is 42.5 Å². The highest BCUT2D eigenvalue weighted by Crippen LogP contribution is 2.28. The molecule has 2 rings (SSSR count). The van der Waals surface area contributed by atoms with Gasteiger partial charge >= 0.3 is 0 Å². The van der Waals surface area contributed by atoms with Crippen LogP contribution in [0.2, 0.25) is 0 Å². The molecule has 0 fully saturated rings. The summed E-state index contributed by atoms with van der Waals surface area (Å²) < 4.78 is 16.9. The lowest BCUT2D eigenvalue weighted by atomic mass is 10.2. The molecule has 2 aromatic rings. The van der Waals surface area contributed by atoms with Crippen LogP contribution in [0.3, 0.4) is 0 Å². The molecule has 1 N–H and O–H groups in total. The van der Waals surface area contributed by atoms with E-state index in [0.717, 1.165) is 31.4 Å². The first-order valence-corrected chi connectivity index (χ1v) is 9.98. The second-order valence-electron chi connectivity index (χ2n) is 6.48. The van der Waals surface area contributed by atoms with Gasteiger partial charge in [0.2, 0.25) is 0 Å². The number of carbonyl (C=O) groups excluding carboxylic acids is 1. The van der Waals surface area contributed by atoms with Crippen LogP contribution in [0.25, 0.3) is 0 Å². The Morgan fingerprint density at radius 2 is 1.61 bits per heavy atom. The standard InChI is InChI=1S/C23H31NO4/c1-4-18-9-12-20(13-10-18)27-15-7-6-8-16-28-21-14-11-19(17-22(21)26-3)23(25)24-5-2/h9-14,17H,4-8,15-16H2,1-3H3,(H,24,25). The summed E-state index contributed by atoms with van der Waals surface area (Å²) >= 11 is 0. The first-order chi connectivity index (χ1) is 13.7. The zero-order valence-electron chi connectivity index (χ0n) is 17.1. The fraction of sp³-hybridized carbons (Fsp3) is 0.435. The average Bonchev–Trinajstić information content (AvgIpc) is 2.73. The molecular formula is C23H31NO4. The van der Waals surface area contributed by atoms with E-state index in [9.17, 15) is 4.79 Å². The van der Waals surface area contributed by atoms with Gasteiger partial charge in [-0.2, -0.15) is 0 Å². The number of nitrogens with one attached hydrogen (secondary N) is 1.